The van der Waals surface area contributed by atoms with E-state index in [4.69, 9.17) is 9.47 Å². The minimum absolute atomic E-state index is 0.125. The van der Waals surface area contributed by atoms with Crippen LogP contribution in [0.4, 0.5) is 5.69 Å². The van der Waals surface area contributed by atoms with Gasteiger partial charge in [0.1, 0.15) is 5.60 Å². The highest BCUT2D eigenvalue weighted by Crippen LogP contribution is 2.23. The van der Waals surface area contributed by atoms with Crippen LogP contribution in [-0.2, 0) is 9.53 Å². The average Bonchev–Trinajstić information content (AvgIpc) is 2.53. The molecule has 0 saturated carbocycles. The zero-order chi connectivity index (χ0) is 17.3. The first kappa shape index (κ1) is 19.4. The predicted molar refractivity (Wildman–Crippen MR) is 92.9 cm³/mol. The molecule has 0 aliphatic heterocycles. The monoisotopic (exact) mass is 322 g/mol. The van der Waals surface area contributed by atoms with E-state index in [-0.39, 0.29) is 5.91 Å². The second-order valence-electron chi connectivity index (χ2n) is 5.91. The van der Waals surface area contributed by atoms with E-state index in [1.807, 2.05) is 40.7 Å². The molecule has 0 bridgehead atoms. The molecule has 1 N–H and O–H groups in total. The Balaban J connectivity index is 2.81. The summed E-state index contributed by atoms with van der Waals surface area (Å²) in [4.78, 5) is 17.0. The van der Waals surface area contributed by atoms with Crippen LogP contribution in [0.15, 0.2) is 12.1 Å². The zero-order valence-electron chi connectivity index (χ0n) is 15.1. The number of nitrogens with zero attached hydrogens (tertiary/aromatic N) is 1. The van der Waals surface area contributed by atoms with Gasteiger partial charge >= 0.3 is 0 Å². The van der Waals surface area contributed by atoms with E-state index in [0.29, 0.717) is 31.2 Å². The number of carbonyl (C=O) groups excluding carboxylic acids is 1. The van der Waals surface area contributed by atoms with Gasteiger partial charge in [0, 0.05) is 12.7 Å². The normalized spacial score (nSPS) is 13.4. The SMILES string of the molecule is CCCOc1ccc(NC(=O)C(C)(CCC)OCCC)c(C)n1. The lowest BCUT2D eigenvalue weighted by Crippen LogP contribution is -2.43. The summed E-state index contributed by atoms with van der Waals surface area (Å²) in [7, 11) is 0. The van der Waals surface area contributed by atoms with Crippen LogP contribution in [0, 0.1) is 6.92 Å². The highest BCUT2D eigenvalue weighted by molar-refractivity contribution is 5.97. The Morgan fingerprint density at radius 2 is 1.87 bits per heavy atom. The third kappa shape index (κ3) is 5.82. The number of carbonyl (C=O) groups is 1. The molecular weight excluding hydrogens is 292 g/mol. The van der Waals surface area contributed by atoms with Gasteiger partial charge < -0.3 is 14.8 Å². The Morgan fingerprint density at radius 1 is 1.17 bits per heavy atom. The summed E-state index contributed by atoms with van der Waals surface area (Å²) >= 11 is 0. The first-order valence-electron chi connectivity index (χ1n) is 8.52. The van der Waals surface area contributed by atoms with Crippen molar-refractivity contribution in [3.8, 4) is 5.88 Å². The first-order valence-corrected chi connectivity index (χ1v) is 8.52. The summed E-state index contributed by atoms with van der Waals surface area (Å²) in [5, 5.41) is 2.95. The summed E-state index contributed by atoms with van der Waals surface area (Å²) in [6.45, 7) is 11.1. The zero-order valence-corrected chi connectivity index (χ0v) is 15.1. The highest BCUT2D eigenvalue weighted by atomic mass is 16.5. The molecule has 5 heteroatoms. The van der Waals surface area contributed by atoms with Gasteiger partial charge in [-0.05, 0) is 39.2 Å². The molecule has 0 spiro atoms. The number of aryl methyl sites for hydroxylation is 1. The molecule has 23 heavy (non-hydrogen) atoms. The second-order valence-corrected chi connectivity index (χ2v) is 5.91. The fraction of sp³-hybridized carbons (Fsp3) is 0.667. The van der Waals surface area contributed by atoms with Gasteiger partial charge in [0.15, 0.2) is 0 Å². The van der Waals surface area contributed by atoms with Crippen molar-refractivity contribution in [2.45, 2.75) is 65.9 Å². The maximum atomic E-state index is 12.6. The summed E-state index contributed by atoms with van der Waals surface area (Å²) in [5.74, 6) is 0.459. The number of rotatable bonds is 10. The number of anilines is 1. The van der Waals surface area contributed by atoms with E-state index in [2.05, 4.69) is 10.3 Å². The van der Waals surface area contributed by atoms with Gasteiger partial charge in [-0.1, -0.05) is 27.2 Å². The Kier molecular flexibility index (Phi) is 8.03. The Hall–Kier alpha value is -1.62. The van der Waals surface area contributed by atoms with Gasteiger partial charge in [-0.2, -0.15) is 0 Å². The van der Waals surface area contributed by atoms with Crippen molar-refractivity contribution in [3.05, 3.63) is 17.8 Å². The molecule has 1 rings (SSSR count). The molecule has 0 radical (unpaired) electrons. The standard InChI is InChI=1S/C18H30N2O3/c1-6-11-18(5,23-13-8-3)17(21)20-15-9-10-16(19-14(15)4)22-12-7-2/h9-10H,6-8,11-13H2,1-5H3,(H,20,21). The Labute approximate surface area is 139 Å². The van der Waals surface area contributed by atoms with Crippen molar-refractivity contribution in [2.24, 2.45) is 0 Å². The predicted octanol–water partition coefficient (Wildman–Crippen LogP) is 4.10. The van der Waals surface area contributed by atoms with Crippen molar-refractivity contribution < 1.29 is 14.3 Å². The van der Waals surface area contributed by atoms with Gasteiger partial charge in [-0.25, -0.2) is 4.98 Å². The van der Waals surface area contributed by atoms with Gasteiger partial charge in [0.25, 0.3) is 5.91 Å². The lowest BCUT2D eigenvalue weighted by molar-refractivity contribution is -0.140. The molecule has 5 nitrogen and oxygen atoms in total. The third-order valence-corrected chi connectivity index (χ3v) is 3.59. The van der Waals surface area contributed by atoms with E-state index in [9.17, 15) is 4.79 Å². The maximum Gasteiger partial charge on any atom is 0.256 e. The summed E-state index contributed by atoms with van der Waals surface area (Å²) in [5.41, 5.74) is 0.622. The quantitative estimate of drug-likeness (QED) is 0.704. The molecule has 0 aliphatic rings. The molecule has 1 heterocycles. The molecule has 0 aliphatic carbocycles. The van der Waals surface area contributed by atoms with Gasteiger partial charge in [0.2, 0.25) is 5.88 Å². The first-order chi connectivity index (χ1) is 11.0. The van der Waals surface area contributed by atoms with Crippen LogP contribution in [0.1, 0.15) is 59.1 Å². The number of ether oxygens (including phenoxy) is 2. The number of pyridine rings is 1. The van der Waals surface area contributed by atoms with Crippen molar-refractivity contribution >= 4 is 11.6 Å². The number of aromatic nitrogens is 1. The fourth-order valence-corrected chi connectivity index (χ4v) is 2.27. The van der Waals surface area contributed by atoms with Crippen LogP contribution in [-0.4, -0.2) is 29.7 Å². The number of hydrogen-bond acceptors (Lipinski definition) is 4. The average molecular weight is 322 g/mol. The lowest BCUT2D eigenvalue weighted by atomic mass is 9.99. The number of hydrogen-bond donors (Lipinski definition) is 1. The largest absolute Gasteiger partial charge is 0.478 e. The Bertz CT molecular complexity index is 505. The summed E-state index contributed by atoms with van der Waals surface area (Å²) < 4.78 is 11.3. The summed E-state index contributed by atoms with van der Waals surface area (Å²) in [6.07, 6.45) is 3.39. The van der Waals surface area contributed by atoms with E-state index < -0.39 is 5.60 Å². The van der Waals surface area contributed by atoms with Crippen molar-refractivity contribution in [1.82, 2.24) is 4.98 Å². The third-order valence-electron chi connectivity index (χ3n) is 3.59. The van der Waals surface area contributed by atoms with Crippen LogP contribution in [0.25, 0.3) is 0 Å². The number of amides is 1. The van der Waals surface area contributed by atoms with Crippen molar-refractivity contribution in [3.63, 3.8) is 0 Å². The molecule has 1 atom stereocenters. The Morgan fingerprint density at radius 3 is 2.43 bits per heavy atom. The maximum absolute atomic E-state index is 12.6. The molecule has 1 unspecified atom stereocenters. The molecule has 0 aromatic carbocycles. The molecule has 1 aromatic rings. The number of nitrogens with one attached hydrogen (secondary N) is 1. The van der Waals surface area contributed by atoms with Gasteiger partial charge in [0.05, 0.1) is 18.0 Å². The van der Waals surface area contributed by atoms with Crippen molar-refractivity contribution in [1.29, 1.82) is 0 Å². The van der Waals surface area contributed by atoms with Crippen LogP contribution >= 0.6 is 0 Å². The highest BCUT2D eigenvalue weighted by Gasteiger charge is 2.33. The van der Waals surface area contributed by atoms with Crippen LogP contribution < -0.4 is 10.1 Å². The molecule has 0 fully saturated rings. The van der Waals surface area contributed by atoms with E-state index in [0.717, 1.165) is 25.0 Å². The van der Waals surface area contributed by atoms with Crippen LogP contribution in [0.3, 0.4) is 0 Å². The molecule has 130 valence electrons. The lowest BCUT2D eigenvalue weighted by Gasteiger charge is -2.28. The van der Waals surface area contributed by atoms with Gasteiger partial charge in [-0.3, -0.25) is 4.79 Å². The smallest absolute Gasteiger partial charge is 0.256 e. The molecule has 0 saturated heterocycles. The molecular formula is C18H30N2O3. The van der Waals surface area contributed by atoms with E-state index in [1.54, 1.807) is 6.07 Å². The van der Waals surface area contributed by atoms with Gasteiger partial charge in [-0.15, -0.1) is 0 Å². The van der Waals surface area contributed by atoms with E-state index in [1.165, 1.54) is 0 Å². The minimum Gasteiger partial charge on any atom is -0.478 e. The van der Waals surface area contributed by atoms with Crippen LogP contribution in [0.5, 0.6) is 5.88 Å². The summed E-state index contributed by atoms with van der Waals surface area (Å²) in [6, 6.07) is 3.61. The fourth-order valence-electron chi connectivity index (χ4n) is 2.27. The van der Waals surface area contributed by atoms with E-state index >= 15 is 0 Å². The molecule has 1 aromatic heterocycles. The minimum atomic E-state index is -0.811. The van der Waals surface area contributed by atoms with Crippen molar-refractivity contribution in [2.75, 3.05) is 18.5 Å². The van der Waals surface area contributed by atoms with Crippen LogP contribution in [0.2, 0.25) is 0 Å². The second kappa shape index (κ2) is 9.50. The molecule has 1 amide bonds. The topological polar surface area (TPSA) is 60.5 Å².